The van der Waals surface area contributed by atoms with E-state index < -0.39 is 20.7 Å². The van der Waals surface area contributed by atoms with Crippen LogP contribution < -0.4 is 14.2 Å². The van der Waals surface area contributed by atoms with Gasteiger partial charge < -0.3 is 9.47 Å². The quantitative estimate of drug-likeness (QED) is 0.871. The molecule has 1 aromatic heterocycles. The minimum absolute atomic E-state index is 0.0575. The van der Waals surface area contributed by atoms with E-state index in [1.54, 1.807) is 0 Å². The predicted octanol–water partition coefficient (Wildman–Crippen LogP) is 2.42. The number of hydrogen-bond donors (Lipinski definition) is 1. The summed E-state index contributed by atoms with van der Waals surface area (Å²) in [6.45, 7) is 3.70. The molecule has 0 saturated carbocycles. The Hall–Kier alpha value is -2.29. The number of sulfonamides is 1. The van der Waals surface area contributed by atoms with Gasteiger partial charge in [0.15, 0.2) is 11.5 Å². The second-order valence-electron chi connectivity index (χ2n) is 5.00. The molecule has 0 amide bonds. The number of hydrogen-bond acceptors (Lipinski definition) is 5. The molecule has 0 aliphatic carbocycles. The van der Waals surface area contributed by atoms with E-state index in [4.69, 9.17) is 9.47 Å². The number of anilines is 1. The average Bonchev–Trinajstić information content (AvgIpc) is 2.94. The Kier molecular flexibility index (Phi) is 4.79. The van der Waals surface area contributed by atoms with Crippen molar-refractivity contribution in [3.8, 4) is 11.5 Å². The van der Waals surface area contributed by atoms with Crippen molar-refractivity contribution < 1.29 is 22.3 Å². The monoisotopic (exact) mass is 343 g/mol. The Morgan fingerprint density at radius 1 is 1.22 bits per heavy atom. The lowest BCUT2D eigenvalue weighted by atomic mass is 10.3. The second kappa shape index (κ2) is 6.45. The third-order valence-electron chi connectivity index (χ3n) is 3.13. The van der Waals surface area contributed by atoms with Crippen LogP contribution >= 0.6 is 0 Å². The molecule has 23 heavy (non-hydrogen) atoms. The number of rotatable bonds is 6. The Bertz CT molecular complexity index is 802. The summed E-state index contributed by atoms with van der Waals surface area (Å²) in [6, 6.07) is 3.48. The van der Waals surface area contributed by atoms with Crippen molar-refractivity contribution >= 4 is 15.8 Å². The number of methoxy groups -OCH3 is 2. The van der Waals surface area contributed by atoms with E-state index >= 15 is 0 Å². The lowest BCUT2D eigenvalue weighted by Gasteiger charge is -2.15. The van der Waals surface area contributed by atoms with E-state index in [1.807, 2.05) is 13.8 Å². The van der Waals surface area contributed by atoms with Crippen molar-refractivity contribution in [3.63, 3.8) is 0 Å². The van der Waals surface area contributed by atoms with Crippen LogP contribution in [-0.4, -0.2) is 32.4 Å². The first-order valence-corrected chi connectivity index (χ1v) is 8.26. The van der Waals surface area contributed by atoms with Crippen LogP contribution in [0.25, 0.3) is 0 Å². The molecule has 0 aliphatic heterocycles. The highest BCUT2D eigenvalue weighted by molar-refractivity contribution is 7.92. The molecule has 1 heterocycles. The minimum atomic E-state index is -4.15. The van der Waals surface area contributed by atoms with Crippen molar-refractivity contribution in [2.45, 2.75) is 24.8 Å². The van der Waals surface area contributed by atoms with Crippen molar-refractivity contribution in [1.29, 1.82) is 0 Å². The van der Waals surface area contributed by atoms with E-state index in [2.05, 4.69) is 9.82 Å². The summed E-state index contributed by atoms with van der Waals surface area (Å²) in [6.07, 6.45) is 1.46. The Morgan fingerprint density at radius 2 is 1.83 bits per heavy atom. The molecule has 0 fully saturated rings. The van der Waals surface area contributed by atoms with Crippen molar-refractivity contribution in [1.82, 2.24) is 9.78 Å². The van der Waals surface area contributed by atoms with E-state index in [0.29, 0.717) is 0 Å². The number of nitrogens with zero attached hydrogens (tertiary/aromatic N) is 2. The first-order valence-electron chi connectivity index (χ1n) is 6.78. The van der Waals surface area contributed by atoms with Crippen LogP contribution in [0.3, 0.4) is 0 Å². The fourth-order valence-corrected chi connectivity index (χ4v) is 3.17. The van der Waals surface area contributed by atoms with Gasteiger partial charge >= 0.3 is 0 Å². The fourth-order valence-electron chi connectivity index (χ4n) is 2.04. The summed E-state index contributed by atoms with van der Waals surface area (Å²) in [7, 11) is -1.47. The summed E-state index contributed by atoms with van der Waals surface area (Å²) in [5.41, 5.74) is 0. The van der Waals surface area contributed by atoms with Crippen LogP contribution in [0.1, 0.15) is 19.9 Å². The van der Waals surface area contributed by atoms with Crippen LogP contribution in [0.15, 0.2) is 29.3 Å². The maximum Gasteiger partial charge on any atom is 0.266 e. The molecule has 1 aromatic carbocycles. The van der Waals surface area contributed by atoms with E-state index in [-0.39, 0.29) is 23.4 Å². The fraction of sp³-hybridized carbons (Fsp3) is 0.357. The highest BCUT2D eigenvalue weighted by Gasteiger charge is 2.24. The number of halogens is 1. The zero-order chi connectivity index (χ0) is 17.2. The highest BCUT2D eigenvalue weighted by atomic mass is 32.2. The molecule has 0 unspecified atom stereocenters. The Labute approximate surface area is 134 Å². The summed E-state index contributed by atoms with van der Waals surface area (Å²) < 4.78 is 52.9. The lowest BCUT2D eigenvalue weighted by Crippen LogP contribution is -2.18. The molecule has 0 atom stereocenters. The average molecular weight is 343 g/mol. The predicted molar refractivity (Wildman–Crippen MR) is 82.9 cm³/mol. The van der Waals surface area contributed by atoms with Crippen LogP contribution in [0.2, 0.25) is 0 Å². The van der Waals surface area contributed by atoms with E-state index in [0.717, 1.165) is 12.1 Å². The number of benzene rings is 1. The largest absolute Gasteiger partial charge is 0.493 e. The molecule has 1 N–H and O–H groups in total. The van der Waals surface area contributed by atoms with Crippen molar-refractivity contribution in [3.05, 3.63) is 30.2 Å². The van der Waals surface area contributed by atoms with Gasteiger partial charge in [-0.1, -0.05) is 0 Å². The molecule has 7 nitrogen and oxygen atoms in total. The van der Waals surface area contributed by atoms with E-state index in [1.165, 1.54) is 31.2 Å². The molecule has 2 aromatic rings. The van der Waals surface area contributed by atoms with Gasteiger partial charge in [-0.2, -0.15) is 5.10 Å². The highest BCUT2D eigenvalue weighted by Crippen LogP contribution is 2.32. The van der Waals surface area contributed by atoms with E-state index in [9.17, 15) is 12.8 Å². The summed E-state index contributed by atoms with van der Waals surface area (Å²) >= 11 is 0. The smallest absolute Gasteiger partial charge is 0.266 e. The summed E-state index contributed by atoms with van der Waals surface area (Å²) in [5.74, 6) is -0.470. The maximum absolute atomic E-state index is 14.2. The topological polar surface area (TPSA) is 82.5 Å². The zero-order valence-corrected chi connectivity index (χ0v) is 14.0. The molecule has 0 radical (unpaired) electrons. The maximum atomic E-state index is 14.2. The Balaban J connectivity index is 2.46. The molecule has 0 saturated heterocycles. The van der Waals surface area contributed by atoms with Gasteiger partial charge in [0.05, 0.1) is 20.4 Å². The number of nitrogens with one attached hydrogen (secondary N) is 1. The molecule has 0 spiro atoms. The molecule has 0 bridgehead atoms. The molecule has 2 rings (SSSR count). The molecule has 0 aliphatic rings. The van der Waals surface area contributed by atoms with Gasteiger partial charge in [0.2, 0.25) is 0 Å². The molecule has 126 valence electrons. The van der Waals surface area contributed by atoms with Crippen molar-refractivity contribution in [2.24, 2.45) is 0 Å². The zero-order valence-electron chi connectivity index (χ0n) is 13.2. The van der Waals surface area contributed by atoms with Crippen LogP contribution in [0, 0.1) is 5.82 Å². The lowest BCUT2D eigenvalue weighted by molar-refractivity contribution is 0.350. The second-order valence-corrected chi connectivity index (χ2v) is 6.65. The van der Waals surface area contributed by atoms with Gasteiger partial charge in [-0.3, -0.25) is 4.72 Å². The van der Waals surface area contributed by atoms with Crippen LogP contribution in [0.5, 0.6) is 11.5 Å². The SMILES string of the molecule is COc1cc(F)c(S(=O)(=O)Nc2ccnn2C(C)C)cc1OC. The summed E-state index contributed by atoms with van der Waals surface area (Å²) in [5, 5.41) is 4.03. The normalized spacial score (nSPS) is 11.6. The number of aromatic nitrogens is 2. The van der Waals surface area contributed by atoms with Crippen molar-refractivity contribution in [2.75, 3.05) is 18.9 Å². The van der Waals surface area contributed by atoms with Crippen LogP contribution in [-0.2, 0) is 10.0 Å². The Morgan fingerprint density at radius 3 is 2.39 bits per heavy atom. The third-order valence-corrected chi connectivity index (χ3v) is 4.50. The van der Waals surface area contributed by atoms with Gasteiger partial charge in [-0.15, -0.1) is 0 Å². The first kappa shape index (κ1) is 17.1. The molecular weight excluding hydrogens is 325 g/mol. The molecular formula is C14H18FN3O4S. The standard InChI is InChI=1S/C14H18FN3O4S/c1-9(2)18-14(5-6-16-18)17-23(19,20)13-8-12(22-4)11(21-3)7-10(13)15/h5-9,17H,1-4H3. The number of ether oxygens (including phenoxy) is 2. The molecule has 9 heteroatoms. The van der Waals surface area contributed by atoms with Gasteiger partial charge in [0.1, 0.15) is 16.5 Å². The minimum Gasteiger partial charge on any atom is -0.493 e. The van der Waals surface area contributed by atoms with Gasteiger partial charge in [-0.05, 0) is 13.8 Å². The van der Waals surface area contributed by atoms with Gasteiger partial charge in [0, 0.05) is 24.2 Å². The summed E-state index contributed by atoms with van der Waals surface area (Å²) in [4.78, 5) is -0.536. The van der Waals surface area contributed by atoms with Gasteiger partial charge in [0.25, 0.3) is 10.0 Å². The third kappa shape index (κ3) is 3.39. The van der Waals surface area contributed by atoms with Gasteiger partial charge in [-0.25, -0.2) is 17.5 Å². The first-order chi connectivity index (χ1) is 10.8. The van der Waals surface area contributed by atoms with Crippen LogP contribution in [0.4, 0.5) is 10.2 Å².